The van der Waals surface area contributed by atoms with Crippen LogP contribution in [0.25, 0.3) is 0 Å². The molecule has 132 valence electrons. The average molecular weight is 368 g/mol. The smallest absolute Gasteiger partial charge is 0.493 e. The van der Waals surface area contributed by atoms with Crippen LogP contribution < -0.4 is 9.26 Å². The Labute approximate surface area is 126 Å². The Bertz CT molecular complexity index is 537. The van der Waals surface area contributed by atoms with E-state index in [1.165, 1.54) is 25.3 Å². The summed E-state index contributed by atoms with van der Waals surface area (Å²) in [5.74, 6) is -0.485. The first-order chi connectivity index (χ1) is 10.4. The number of benzene rings is 1. The van der Waals surface area contributed by atoms with Gasteiger partial charge in [0.15, 0.2) is 24.7 Å². The molecule has 0 radical (unpaired) electrons. The van der Waals surface area contributed by atoms with Gasteiger partial charge >= 0.3 is 20.2 Å². The third kappa shape index (κ3) is 7.58. The molecule has 0 aliphatic rings. The van der Waals surface area contributed by atoms with Crippen LogP contribution in [0, 0.1) is 0 Å². The van der Waals surface area contributed by atoms with Crippen molar-refractivity contribution in [3.8, 4) is 11.5 Å². The fourth-order valence-electron chi connectivity index (χ4n) is 1.21. The van der Waals surface area contributed by atoms with Gasteiger partial charge in [-0.1, -0.05) is 12.1 Å². The van der Waals surface area contributed by atoms with E-state index >= 15 is 0 Å². The minimum atomic E-state index is -5.19. The standard InChI is InChI=1S/C11H11F6O5P/c1-19-8-4-2-3-5-9(8)22-23(18,20-6-10(12,13)14)21-7-11(15,16)17/h2-5H,6-7H2,1H3. The number of alkyl halides is 6. The normalized spacial score (nSPS) is 13.0. The predicted molar refractivity (Wildman–Crippen MR) is 65.2 cm³/mol. The summed E-state index contributed by atoms with van der Waals surface area (Å²) in [5, 5.41) is 0. The second-order valence-electron chi connectivity index (χ2n) is 3.97. The lowest BCUT2D eigenvalue weighted by atomic mass is 10.3. The minimum absolute atomic E-state index is 0.0843. The van der Waals surface area contributed by atoms with Gasteiger partial charge in [0.25, 0.3) is 0 Å². The summed E-state index contributed by atoms with van der Waals surface area (Å²) in [4.78, 5) is 0. The van der Waals surface area contributed by atoms with E-state index in [2.05, 4.69) is 13.6 Å². The molecule has 1 rings (SSSR count). The van der Waals surface area contributed by atoms with Crippen molar-refractivity contribution in [1.82, 2.24) is 0 Å². The highest BCUT2D eigenvalue weighted by Crippen LogP contribution is 2.52. The first-order valence-electron chi connectivity index (χ1n) is 5.79. The third-order valence-corrected chi connectivity index (χ3v) is 3.36. The molecule has 0 fully saturated rings. The van der Waals surface area contributed by atoms with E-state index in [0.29, 0.717) is 0 Å². The molecule has 1 aromatic carbocycles. The fourth-order valence-corrected chi connectivity index (χ4v) is 2.39. The number of methoxy groups -OCH3 is 1. The summed E-state index contributed by atoms with van der Waals surface area (Å²) in [6, 6.07) is 5.17. The van der Waals surface area contributed by atoms with Crippen molar-refractivity contribution >= 4 is 7.82 Å². The summed E-state index contributed by atoms with van der Waals surface area (Å²) in [6.07, 6.45) is -9.89. The molecule has 0 aliphatic carbocycles. The maximum Gasteiger partial charge on any atom is 0.530 e. The van der Waals surface area contributed by atoms with E-state index in [4.69, 9.17) is 4.74 Å². The topological polar surface area (TPSA) is 54.0 Å². The van der Waals surface area contributed by atoms with Crippen LogP contribution in [0.3, 0.4) is 0 Å². The van der Waals surface area contributed by atoms with Crippen LogP contribution >= 0.6 is 7.82 Å². The van der Waals surface area contributed by atoms with Gasteiger partial charge < -0.3 is 9.26 Å². The molecule has 0 bridgehead atoms. The van der Waals surface area contributed by atoms with Gasteiger partial charge in [-0.05, 0) is 12.1 Å². The van der Waals surface area contributed by atoms with E-state index in [9.17, 15) is 30.9 Å². The lowest BCUT2D eigenvalue weighted by Crippen LogP contribution is -2.21. The molecule has 5 nitrogen and oxygen atoms in total. The third-order valence-electron chi connectivity index (χ3n) is 2.05. The number of halogens is 6. The van der Waals surface area contributed by atoms with Crippen LogP contribution in [0.1, 0.15) is 0 Å². The highest BCUT2D eigenvalue weighted by molar-refractivity contribution is 7.48. The lowest BCUT2D eigenvalue weighted by Gasteiger charge is -2.20. The highest BCUT2D eigenvalue weighted by Gasteiger charge is 2.41. The molecule has 1 aromatic rings. The first kappa shape index (κ1) is 19.6. The monoisotopic (exact) mass is 368 g/mol. The lowest BCUT2D eigenvalue weighted by molar-refractivity contribution is -0.168. The van der Waals surface area contributed by atoms with Crippen LogP contribution in [-0.4, -0.2) is 32.7 Å². The van der Waals surface area contributed by atoms with Gasteiger partial charge in [0.1, 0.15) is 0 Å². The zero-order valence-corrected chi connectivity index (χ0v) is 12.4. The van der Waals surface area contributed by atoms with Crippen molar-refractivity contribution < 1.29 is 49.2 Å². The van der Waals surface area contributed by atoms with Gasteiger partial charge in [-0.3, -0.25) is 9.05 Å². The van der Waals surface area contributed by atoms with Gasteiger partial charge in [-0.15, -0.1) is 0 Å². The summed E-state index contributed by atoms with van der Waals surface area (Å²) in [5.41, 5.74) is 0. The molecular weight excluding hydrogens is 357 g/mol. The van der Waals surface area contributed by atoms with Crippen LogP contribution in [0.5, 0.6) is 11.5 Å². The molecule has 0 amide bonds. The summed E-state index contributed by atoms with van der Waals surface area (Å²) in [7, 11) is -4.03. The van der Waals surface area contributed by atoms with Crippen LogP contribution in [0.2, 0.25) is 0 Å². The molecule has 0 aromatic heterocycles. The number of para-hydroxylation sites is 2. The van der Waals surface area contributed by atoms with E-state index in [-0.39, 0.29) is 5.75 Å². The Kier molecular flexibility index (Phi) is 6.32. The molecule has 0 unspecified atom stereocenters. The van der Waals surface area contributed by atoms with E-state index < -0.39 is 39.1 Å². The Hall–Kier alpha value is -1.45. The first-order valence-corrected chi connectivity index (χ1v) is 7.25. The van der Waals surface area contributed by atoms with Crippen molar-refractivity contribution in [1.29, 1.82) is 0 Å². The Morgan fingerprint density at radius 1 is 0.913 bits per heavy atom. The largest absolute Gasteiger partial charge is 0.530 e. The van der Waals surface area contributed by atoms with Gasteiger partial charge in [-0.25, -0.2) is 4.57 Å². The van der Waals surface area contributed by atoms with Crippen LogP contribution in [-0.2, 0) is 13.6 Å². The molecule has 0 atom stereocenters. The SMILES string of the molecule is COc1ccccc1OP(=O)(OCC(F)(F)F)OCC(F)(F)F. The quantitative estimate of drug-likeness (QED) is 0.529. The second-order valence-corrected chi connectivity index (χ2v) is 5.56. The molecule has 0 N–H and O–H groups in total. The Morgan fingerprint density at radius 2 is 1.35 bits per heavy atom. The summed E-state index contributed by atoms with van der Waals surface area (Å²) < 4.78 is 102. The van der Waals surface area contributed by atoms with E-state index in [1.54, 1.807) is 0 Å². The number of ether oxygens (including phenoxy) is 1. The van der Waals surface area contributed by atoms with Gasteiger partial charge in [0.2, 0.25) is 0 Å². The van der Waals surface area contributed by atoms with Gasteiger partial charge in [-0.2, -0.15) is 26.3 Å². The number of hydrogen-bond donors (Lipinski definition) is 0. The van der Waals surface area contributed by atoms with Crippen molar-refractivity contribution in [2.24, 2.45) is 0 Å². The van der Waals surface area contributed by atoms with Crippen molar-refractivity contribution in [2.75, 3.05) is 20.3 Å². The van der Waals surface area contributed by atoms with E-state index in [0.717, 1.165) is 6.07 Å². The minimum Gasteiger partial charge on any atom is -0.493 e. The van der Waals surface area contributed by atoms with Gasteiger partial charge in [0, 0.05) is 0 Å². The molecule has 0 saturated carbocycles. The molecule has 23 heavy (non-hydrogen) atoms. The highest BCUT2D eigenvalue weighted by atomic mass is 31.2. The summed E-state index contributed by atoms with van der Waals surface area (Å²) >= 11 is 0. The van der Waals surface area contributed by atoms with Crippen LogP contribution in [0.4, 0.5) is 26.3 Å². The van der Waals surface area contributed by atoms with Crippen LogP contribution in [0.15, 0.2) is 24.3 Å². The molecule has 0 aliphatic heterocycles. The maximum absolute atomic E-state index is 12.1. The van der Waals surface area contributed by atoms with Crippen molar-refractivity contribution in [3.63, 3.8) is 0 Å². The van der Waals surface area contributed by atoms with Gasteiger partial charge in [0.05, 0.1) is 7.11 Å². The fraction of sp³-hybridized carbons (Fsp3) is 0.455. The second kappa shape index (κ2) is 7.41. The average Bonchev–Trinajstić information content (AvgIpc) is 2.43. The Morgan fingerprint density at radius 3 is 1.74 bits per heavy atom. The van der Waals surface area contributed by atoms with Crippen molar-refractivity contribution in [3.05, 3.63) is 24.3 Å². The van der Waals surface area contributed by atoms with E-state index in [1.807, 2.05) is 0 Å². The maximum atomic E-state index is 12.1. The molecular formula is C11H11F6O5P. The zero-order valence-electron chi connectivity index (χ0n) is 11.5. The molecule has 0 saturated heterocycles. The molecule has 12 heteroatoms. The number of rotatable bonds is 7. The number of phosphoric ester groups is 1. The number of hydrogen-bond acceptors (Lipinski definition) is 5. The zero-order chi connectivity index (χ0) is 17.7. The summed E-state index contributed by atoms with van der Waals surface area (Å²) in [6.45, 7) is -4.23. The molecule has 0 heterocycles. The predicted octanol–water partition coefficient (Wildman–Crippen LogP) is 4.34. The van der Waals surface area contributed by atoms with Crippen molar-refractivity contribution in [2.45, 2.75) is 12.4 Å². The number of phosphoric acid groups is 1. The molecule has 0 spiro atoms. The Balaban J connectivity index is 2.96.